The van der Waals surface area contributed by atoms with Gasteiger partial charge in [0.05, 0.1) is 18.2 Å². The summed E-state index contributed by atoms with van der Waals surface area (Å²) in [6.07, 6.45) is 2.73. The number of piperidine rings is 1. The number of carbonyl (C=O) groups is 2. The van der Waals surface area contributed by atoms with E-state index in [2.05, 4.69) is 0 Å². The zero-order chi connectivity index (χ0) is 18.9. The van der Waals surface area contributed by atoms with E-state index in [-0.39, 0.29) is 18.5 Å². The monoisotopic (exact) mass is 382 g/mol. The van der Waals surface area contributed by atoms with Gasteiger partial charge in [-0.05, 0) is 37.9 Å². The van der Waals surface area contributed by atoms with Crippen LogP contribution in [0.25, 0.3) is 0 Å². The lowest BCUT2D eigenvalue weighted by molar-refractivity contribution is -0.140. The first-order valence-electron chi connectivity index (χ1n) is 9.12. The van der Waals surface area contributed by atoms with E-state index < -0.39 is 5.97 Å². The number of aliphatic carboxylic acids is 1. The molecule has 1 aromatic rings. The molecular formula is C19H27ClN2O4. The standard InChI is InChI=1S/C19H27ClN2O4/c1-2-21(14-19(24)25)15-9-11-22(12-10-15)18(23)8-5-13-26-17-7-4-3-6-16(17)20/h3-4,6-7,15H,2,5,8-14H2,1H3,(H,24,25). The number of para-hydroxylation sites is 1. The molecule has 1 N–H and O–H groups in total. The van der Waals surface area contributed by atoms with Crippen molar-refractivity contribution in [2.75, 3.05) is 32.8 Å². The Labute approximate surface area is 159 Å². The van der Waals surface area contributed by atoms with Crippen LogP contribution < -0.4 is 4.74 Å². The molecule has 1 heterocycles. The highest BCUT2D eigenvalue weighted by Gasteiger charge is 2.26. The van der Waals surface area contributed by atoms with E-state index in [1.807, 2.05) is 34.9 Å². The minimum absolute atomic E-state index is 0.0640. The average Bonchev–Trinajstić information content (AvgIpc) is 2.64. The van der Waals surface area contributed by atoms with Crippen LogP contribution in [0.5, 0.6) is 5.75 Å². The van der Waals surface area contributed by atoms with Crippen molar-refractivity contribution in [1.29, 1.82) is 0 Å². The van der Waals surface area contributed by atoms with E-state index in [1.54, 1.807) is 6.07 Å². The first kappa shape index (κ1) is 20.5. The van der Waals surface area contributed by atoms with Gasteiger partial charge in [-0.25, -0.2) is 0 Å². The molecule has 6 nitrogen and oxygen atoms in total. The second kappa shape index (κ2) is 10.4. The molecule has 1 saturated heterocycles. The predicted molar refractivity (Wildman–Crippen MR) is 101 cm³/mol. The molecule has 0 atom stereocenters. The quantitative estimate of drug-likeness (QED) is 0.665. The van der Waals surface area contributed by atoms with E-state index in [9.17, 15) is 9.59 Å². The molecule has 1 aliphatic rings. The summed E-state index contributed by atoms with van der Waals surface area (Å²) >= 11 is 6.03. The van der Waals surface area contributed by atoms with Crippen molar-refractivity contribution in [1.82, 2.24) is 9.80 Å². The fraction of sp³-hybridized carbons (Fsp3) is 0.579. The number of likely N-dealkylation sites (N-methyl/N-ethyl adjacent to an activating group) is 1. The summed E-state index contributed by atoms with van der Waals surface area (Å²) in [5, 5.41) is 9.55. The molecule has 0 spiro atoms. The van der Waals surface area contributed by atoms with Gasteiger partial charge in [0, 0.05) is 25.6 Å². The molecule has 26 heavy (non-hydrogen) atoms. The smallest absolute Gasteiger partial charge is 0.317 e. The summed E-state index contributed by atoms with van der Waals surface area (Å²) in [7, 11) is 0. The van der Waals surface area contributed by atoms with E-state index in [0.717, 1.165) is 12.8 Å². The topological polar surface area (TPSA) is 70.1 Å². The Morgan fingerprint density at radius 1 is 1.31 bits per heavy atom. The second-order valence-corrected chi connectivity index (χ2v) is 6.86. The molecule has 144 valence electrons. The van der Waals surface area contributed by atoms with Crippen LogP contribution in [0, 0.1) is 0 Å². The maximum atomic E-state index is 12.3. The summed E-state index contributed by atoms with van der Waals surface area (Å²) in [6.45, 7) is 4.57. The number of benzene rings is 1. The SMILES string of the molecule is CCN(CC(=O)O)C1CCN(C(=O)CCCOc2ccccc2Cl)CC1. The number of likely N-dealkylation sites (tertiary alicyclic amines) is 1. The van der Waals surface area contributed by atoms with Gasteiger partial charge >= 0.3 is 5.97 Å². The number of hydrogen-bond acceptors (Lipinski definition) is 4. The van der Waals surface area contributed by atoms with Gasteiger partial charge in [-0.2, -0.15) is 0 Å². The van der Waals surface area contributed by atoms with Crippen LogP contribution in [0.3, 0.4) is 0 Å². The Bertz CT molecular complexity index is 603. The zero-order valence-electron chi connectivity index (χ0n) is 15.2. The normalized spacial score (nSPS) is 15.3. The fourth-order valence-corrected chi connectivity index (χ4v) is 3.47. The lowest BCUT2D eigenvalue weighted by Crippen LogP contribution is -2.48. The number of rotatable bonds is 9. The van der Waals surface area contributed by atoms with Crippen molar-refractivity contribution in [3.05, 3.63) is 29.3 Å². The first-order valence-corrected chi connectivity index (χ1v) is 9.50. The molecule has 1 fully saturated rings. The van der Waals surface area contributed by atoms with E-state index in [0.29, 0.717) is 49.9 Å². The Kier molecular flexibility index (Phi) is 8.19. The number of carboxylic acids is 1. The molecule has 1 amide bonds. The summed E-state index contributed by atoms with van der Waals surface area (Å²) in [5.74, 6) is -0.0307. The van der Waals surface area contributed by atoms with Crippen LogP contribution in [0.2, 0.25) is 5.02 Å². The van der Waals surface area contributed by atoms with Gasteiger partial charge in [0.15, 0.2) is 0 Å². The Balaban J connectivity index is 1.68. The molecule has 0 aromatic heterocycles. The second-order valence-electron chi connectivity index (χ2n) is 6.45. The van der Waals surface area contributed by atoms with E-state index in [1.165, 1.54) is 0 Å². The summed E-state index contributed by atoms with van der Waals surface area (Å²) in [6, 6.07) is 7.53. The van der Waals surface area contributed by atoms with E-state index in [4.69, 9.17) is 21.4 Å². The lowest BCUT2D eigenvalue weighted by Gasteiger charge is -2.37. The molecule has 0 saturated carbocycles. The average molecular weight is 383 g/mol. The van der Waals surface area contributed by atoms with Crippen molar-refractivity contribution in [3.8, 4) is 5.75 Å². The zero-order valence-corrected chi connectivity index (χ0v) is 16.0. The lowest BCUT2D eigenvalue weighted by atomic mass is 10.0. The Morgan fingerprint density at radius 2 is 2.00 bits per heavy atom. The maximum Gasteiger partial charge on any atom is 0.317 e. The number of ether oxygens (including phenoxy) is 1. The number of hydrogen-bond donors (Lipinski definition) is 1. The van der Waals surface area contributed by atoms with Crippen LogP contribution in [0.15, 0.2) is 24.3 Å². The van der Waals surface area contributed by atoms with Gasteiger partial charge in [-0.15, -0.1) is 0 Å². The molecule has 2 rings (SSSR count). The summed E-state index contributed by atoms with van der Waals surface area (Å²) in [4.78, 5) is 27.1. The van der Waals surface area contributed by atoms with Crippen molar-refractivity contribution >= 4 is 23.5 Å². The maximum absolute atomic E-state index is 12.3. The minimum atomic E-state index is -0.802. The predicted octanol–water partition coefficient (Wildman–Crippen LogP) is 2.90. The van der Waals surface area contributed by atoms with Gasteiger partial charge in [0.1, 0.15) is 5.75 Å². The fourth-order valence-electron chi connectivity index (χ4n) is 3.28. The van der Waals surface area contributed by atoms with Gasteiger partial charge < -0.3 is 14.7 Å². The summed E-state index contributed by atoms with van der Waals surface area (Å²) < 4.78 is 5.61. The third-order valence-electron chi connectivity index (χ3n) is 4.71. The molecular weight excluding hydrogens is 356 g/mol. The summed E-state index contributed by atoms with van der Waals surface area (Å²) in [5.41, 5.74) is 0. The molecule has 7 heteroatoms. The first-order chi connectivity index (χ1) is 12.5. The van der Waals surface area contributed by atoms with Crippen LogP contribution in [0.4, 0.5) is 0 Å². The number of amides is 1. The number of carboxylic acid groups (broad SMARTS) is 1. The van der Waals surface area contributed by atoms with Crippen LogP contribution >= 0.6 is 11.6 Å². The number of halogens is 1. The Morgan fingerprint density at radius 3 is 2.62 bits per heavy atom. The van der Waals surface area contributed by atoms with Crippen molar-refractivity contribution < 1.29 is 19.4 Å². The number of carbonyl (C=O) groups excluding carboxylic acids is 1. The van der Waals surface area contributed by atoms with Crippen molar-refractivity contribution in [3.63, 3.8) is 0 Å². The highest BCUT2D eigenvalue weighted by molar-refractivity contribution is 6.32. The van der Waals surface area contributed by atoms with Crippen LogP contribution in [0.1, 0.15) is 32.6 Å². The number of nitrogens with zero attached hydrogens (tertiary/aromatic N) is 2. The van der Waals surface area contributed by atoms with Crippen molar-refractivity contribution in [2.24, 2.45) is 0 Å². The highest BCUT2D eigenvalue weighted by atomic mass is 35.5. The van der Waals surface area contributed by atoms with Gasteiger partial charge in [-0.1, -0.05) is 30.7 Å². The Hall–Kier alpha value is -1.79. The van der Waals surface area contributed by atoms with E-state index >= 15 is 0 Å². The molecule has 1 aromatic carbocycles. The largest absolute Gasteiger partial charge is 0.492 e. The molecule has 0 radical (unpaired) electrons. The van der Waals surface area contributed by atoms with Crippen LogP contribution in [-0.4, -0.2) is 65.6 Å². The van der Waals surface area contributed by atoms with Gasteiger partial charge in [0.2, 0.25) is 5.91 Å². The molecule has 0 unspecified atom stereocenters. The third kappa shape index (κ3) is 6.18. The molecule has 1 aliphatic heterocycles. The van der Waals surface area contributed by atoms with Gasteiger partial charge in [-0.3, -0.25) is 14.5 Å². The minimum Gasteiger partial charge on any atom is -0.492 e. The highest BCUT2D eigenvalue weighted by Crippen LogP contribution is 2.23. The third-order valence-corrected chi connectivity index (χ3v) is 5.02. The van der Waals surface area contributed by atoms with Crippen LogP contribution in [-0.2, 0) is 9.59 Å². The van der Waals surface area contributed by atoms with Gasteiger partial charge in [0.25, 0.3) is 0 Å². The van der Waals surface area contributed by atoms with Crippen molar-refractivity contribution in [2.45, 2.75) is 38.6 Å². The molecule has 0 aliphatic carbocycles. The molecule has 0 bridgehead atoms.